The van der Waals surface area contributed by atoms with Gasteiger partial charge in [-0.05, 0) is 31.5 Å². The molecular formula is C19H23F3N4O3S. The van der Waals surface area contributed by atoms with E-state index in [9.17, 15) is 21.6 Å². The number of aryl methyl sites for hydroxylation is 1. The van der Waals surface area contributed by atoms with Crippen LogP contribution in [0.3, 0.4) is 0 Å². The summed E-state index contributed by atoms with van der Waals surface area (Å²) in [5, 5.41) is 3.89. The predicted molar refractivity (Wildman–Crippen MR) is 102 cm³/mol. The fraction of sp³-hybridized carbons (Fsp3) is 0.579. The quantitative estimate of drug-likeness (QED) is 0.705. The van der Waals surface area contributed by atoms with Crippen molar-refractivity contribution in [3.63, 3.8) is 0 Å². The molecule has 0 radical (unpaired) electrons. The maximum Gasteiger partial charge on any atom is 0.416 e. The van der Waals surface area contributed by atoms with Crippen LogP contribution in [0.25, 0.3) is 0 Å². The Morgan fingerprint density at radius 3 is 2.47 bits per heavy atom. The van der Waals surface area contributed by atoms with Gasteiger partial charge in [-0.3, -0.25) is 4.90 Å². The highest BCUT2D eigenvalue weighted by Crippen LogP contribution is 2.45. The van der Waals surface area contributed by atoms with Crippen molar-refractivity contribution in [3.8, 4) is 0 Å². The van der Waals surface area contributed by atoms with Crippen LogP contribution in [0.5, 0.6) is 0 Å². The first-order valence-electron chi connectivity index (χ1n) is 9.70. The first kappa shape index (κ1) is 21.3. The van der Waals surface area contributed by atoms with E-state index in [1.165, 1.54) is 16.4 Å². The molecule has 0 N–H and O–H groups in total. The predicted octanol–water partition coefficient (Wildman–Crippen LogP) is 2.43. The van der Waals surface area contributed by atoms with Crippen LogP contribution in [0.15, 0.2) is 28.8 Å². The highest BCUT2D eigenvalue weighted by Gasteiger charge is 2.58. The molecule has 0 unspecified atom stereocenters. The first-order chi connectivity index (χ1) is 14.0. The third-order valence-electron chi connectivity index (χ3n) is 6.05. The molecule has 0 spiro atoms. The van der Waals surface area contributed by atoms with Crippen LogP contribution in [0.2, 0.25) is 0 Å². The Kier molecular flexibility index (Phi) is 5.18. The van der Waals surface area contributed by atoms with E-state index in [-0.39, 0.29) is 18.2 Å². The zero-order chi connectivity index (χ0) is 21.7. The summed E-state index contributed by atoms with van der Waals surface area (Å²) in [6.45, 7) is 5.51. The molecule has 11 heteroatoms. The van der Waals surface area contributed by atoms with Crippen molar-refractivity contribution in [2.75, 3.05) is 31.9 Å². The molecule has 1 aromatic heterocycles. The minimum atomic E-state index is -4.36. The Hall–Kier alpha value is -1.98. The standard InChI is InChI=1S/C19H23F3N4O3S/c1-3-30(27,28)26-10-16-9-25(8-14-4-6-15(7-5-14)19(20,21)22)11-18(16,12-26)17-23-13(2)24-29-17/h4-7,16H,3,8-12H2,1-2H3/t16-,18-/m0/s1. The number of aromatic nitrogens is 2. The van der Waals surface area contributed by atoms with Gasteiger partial charge in [0, 0.05) is 38.6 Å². The van der Waals surface area contributed by atoms with Gasteiger partial charge in [0.2, 0.25) is 15.9 Å². The molecule has 2 atom stereocenters. The van der Waals surface area contributed by atoms with Gasteiger partial charge in [0.1, 0.15) is 0 Å². The lowest BCUT2D eigenvalue weighted by Gasteiger charge is -2.25. The molecule has 164 valence electrons. The molecule has 2 fully saturated rings. The Bertz CT molecular complexity index is 1020. The minimum Gasteiger partial charge on any atom is -0.339 e. The lowest BCUT2D eigenvalue weighted by molar-refractivity contribution is -0.137. The Balaban J connectivity index is 1.56. The van der Waals surface area contributed by atoms with Crippen LogP contribution >= 0.6 is 0 Å². The number of hydrogen-bond donors (Lipinski definition) is 0. The van der Waals surface area contributed by atoms with Gasteiger partial charge >= 0.3 is 6.18 Å². The zero-order valence-electron chi connectivity index (χ0n) is 16.7. The van der Waals surface area contributed by atoms with Crippen molar-refractivity contribution in [1.29, 1.82) is 0 Å². The number of nitrogens with zero attached hydrogens (tertiary/aromatic N) is 4. The summed E-state index contributed by atoms with van der Waals surface area (Å²) >= 11 is 0. The maximum atomic E-state index is 12.8. The van der Waals surface area contributed by atoms with Crippen molar-refractivity contribution < 1.29 is 26.1 Å². The highest BCUT2D eigenvalue weighted by molar-refractivity contribution is 7.89. The van der Waals surface area contributed by atoms with Crippen LogP contribution in [0.4, 0.5) is 13.2 Å². The molecule has 30 heavy (non-hydrogen) atoms. The topological polar surface area (TPSA) is 79.5 Å². The van der Waals surface area contributed by atoms with Gasteiger partial charge in [0.25, 0.3) is 0 Å². The number of hydrogen-bond acceptors (Lipinski definition) is 6. The number of benzene rings is 1. The van der Waals surface area contributed by atoms with Crippen molar-refractivity contribution in [3.05, 3.63) is 47.1 Å². The molecule has 2 aromatic rings. The van der Waals surface area contributed by atoms with E-state index in [2.05, 4.69) is 15.0 Å². The zero-order valence-corrected chi connectivity index (χ0v) is 17.5. The van der Waals surface area contributed by atoms with Gasteiger partial charge in [0.05, 0.1) is 16.7 Å². The lowest BCUT2D eigenvalue weighted by atomic mass is 9.81. The van der Waals surface area contributed by atoms with Gasteiger partial charge in [0.15, 0.2) is 5.82 Å². The second kappa shape index (κ2) is 7.31. The molecule has 2 aliphatic rings. The van der Waals surface area contributed by atoms with E-state index >= 15 is 0 Å². The molecule has 2 saturated heterocycles. The summed E-state index contributed by atoms with van der Waals surface area (Å²) in [6, 6.07) is 5.13. The number of halogens is 3. The normalized spacial score (nSPS) is 25.7. The fourth-order valence-electron chi connectivity index (χ4n) is 4.50. The molecule has 4 rings (SSSR count). The summed E-state index contributed by atoms with van der Waals surface area (Å²) < 4.78 is 70.2. The molecule has 2 aliphatic heterocycles. The molecule has 0 aliphatic carbocycles. The Labute approximate surface area is 172 Å². The number of rotatable bonds is 5. The Morgan fingerprint density at radius 1 is 1.20 bits per heavy atom. The van der Waals surface area contributed by atoms with Gasteiger partial charge < -0.3 is 4.52 Å². The van der Waals surface area contributed by atoms with Gasteiger partial charge in [-0.1, -0.05) is 17.3 Å². The largest absolute Gasteiger partial charge is 0.416 e. The summed E-state index contributed by atoms with van der Waals surface area (Å²) in [4.78, 5) is 6.51. The third kappa shape index (κ3) is 3.74. The van der Waals surface area contributed by atoms with E-state index in [0.29, 0.717) is 37.9 Å². The Morgan fingerprint density at radius 2 is 1.90 bits per heavy atom. The van der Waals surface area contributed by atoms with Gasteiger partial charge in [-0.15, -0.1) is 0 Å². The number of alkyl halides is 3. The minimum absolute atomic E-state index is 0.0218. The van der Waals surface area contributed by atoms with Crippen LogP contribution in [-0.4, -0.2) is 59.7 Å². The second-order valence-corrected chi connectivity index (χ2v) is 10.3. The molecule has 3 heterocycles. The molecule has 0 amide bonds. The van der Waals surface area contributed by atoms with Crippen LogP contribution in [-0.2, 0) is 28.2 Å². The molecule has 0 bridgehead atoms. The van der Waals surface area contributed by atoms with Crippen LogP contribution in [0.1, 0.15) is 29.8 Å². The summed E-state index contributed by atoms with van der Waals surface area (Å²) in [5.41, 5.74) is -0.532. The smallest absolute Gasteiger partial charge is 0.339 e. The average Bonchev–Trinajstić information content (AvgIpc) is 3.34. The van der Waals surface area contributed by atoms with Crippen molar-refractivity contribution in [2.24, 2.45) is 5.92 Å². The number of fused-ring (bicyclic) bond motifs is 1. The molecule has 7 nitrogen and oxygen atoms in total. The van der Waals surface area contributed by atoms with E-state index in [4.69, 9.17) is 4.52 Å². The SMILES string of the molecule is CCS(=O)(=O)N1C[C@@H]2CN(Cc3ccc(C(F)(F)F)cc3)C[C@]2(c2nc(C)no2)C1. The lowest BCUT2D eigenvalue weighted by Crippen LogP contribution is -2.40. The van der Waals surface area contributed by atoms with Crippen molar-refractivity contribution >= 4 is 10.0 Å². The number of sulfonamides is 1. The molecular weight excluding hydrogens is 421 g/mol. The number of likely N-dealkylation sites (tertiary alicyclic amines) is 1. The van der Waals surface area contributed by atoms with Gasteiger partial charge in [-0.2, -0.15) is 18.2 Å². The maximum absolute atomic E-state index is 12.8. The summed E-state index contributed by atoms with van der Waals surface area (Å²) in [5.74, 6) is 0.895. The second-order valence-electron chi connectivity index (χ2n) is 8.06. The summed E-state index contributed by atoms with van der Waals surface area (Å²) in [6.07, 6.45) is -4.36. The van der Waals surface area contributed by atoms with E-state index in [0.717, 1.165) is 17.7 Å². The van der Waals surface area contributed by atoms with Crippen LogP contribution < -0.4 is 0 Å². The third-order valence-corrected chi connectivity index (χ3v) is 7.84. The van der Waals surface area contributed by atoms with E-state index < -0.39 is 27.2 Å². The van der Waals surface area contributed by atoms with Crippen LogP contribution in [0, 0.1) is 12.8 Å². The monoisotopic (exact) mass is 444 g/mol. The van der Waals surface area contributed by atoms with E-state index in [1.807, 2.05) is 0 Å². The highest BCUT2D eigenvalue weighted by atomic mass is 32.2. The summed E-state index contributed by atoms with van der Waals surface area (Å²) in [7, 11) is -3.36. The van der Waals surface area contributed by atoms with Crippen molar-refractivity contribution in [2.45, 2.75) is 32.0 Å². The molecule has 0 saturated carbocycles. The fourth-order valence-corrected chi connectivity index (χ4v) is 5.70. The van der Waals surface area contributed by atoms with Crippen molar-refractivity contribution in [1.82, 2.24) is 19.3 Å². The van der Waals surface area contributed by atoms with Gasteiger partial charge in [-0.25, -0.2) is 12.7 Å². The first-order valence-corrected chi connectivity index (χ1v) is 11.3. The average molecular weight is 444 g/mol. The molecule has 1 aromatic carbocycles. The van der Waals surface area contributed by atoms with E-state index in [1.54, 1.807) is 13.8 Å².